The minimum atomic E-state index is -0.268. The second kappa shape index (κ2) is 10.5. The maximum atomic E-state index is 13.8. The second-order valence-corrected chi connectivity index (χ2v) is 9.75. The number of rotatable bonds is 6. The Balaban J connectivity index is 1.33. The average Bonchev–Trinajstić information content (AvgIpc) is 3.14. The van der Waals surface area contributed by atoms with E-state index >= 15 is 0 Å². The highest BCUT2D eigenvalue weighted by atomic mass is 16.5. The molecule has 0 radical (unpaired) electrons. The average molecular weight is 503 g/mol. The van der Waals surface area contributed by atoms with Gasteiger partial charge in [-0.3, -0.25) is 4.79 Å². The molecular weight excluding hydrogens is 472 g/mol. The van der Waals surface area contributed by atoms with E-state index in [2.05, 4.69) is 41.0 Å². The predicted octanol–water partition coefficient (Wildman–Crippen LogP) is 7.25. The van der Waals surface area contributed by atoms with Crippen molar-refractivity contribution in [2.75, 3.05) is 17.7 Å². The molecule has 38 heavy (non-hydrogen) atoms. The number of fused-ring (bicyclic) bond motifs is 1. The summed E-state index contributed by atoms with van der Waals surface area (Å²) in [5.74, 6) is 1.81. The second-order valence-electron chi connectivity index (χ2n) is 9.75. The summed E-state index contributed by atoms with van der Waals surface area (Å²) in [5, 5.41) is 7.26. The number of carbonyl (C=O) groups is 1. The molecule has 0 saturated heterocycles. The third kappa shape index (κ3) is 4.75. The minimum Gasteiger partial charge on any atom is -0.496 e. The number of benzene rings is 4. The minimum absolute atomic E-state index is 0.0459. The highest BCUT2D eigenvalue weighted by Crippen LogP contribution is 2.45. The van der Waals surface area contributed by atoms with Crippen molar-refractivity contribution in [1.29, 1.82) is 0 Å². The number of Topliss-reactive ketones (excluding diaryl/α,β-unsaturated/α-hetero) is 1. The SMILES string of the molecule is COc1ccccc1C1CC(=O)C2=C(C1)Nc1ccccc1NC2c1ccc(OCc2ccccc2)cc1. The van der Waals surface area contributed by atoms with Gasteiger partial charge in [0, 0.05) is 23.6 Å². The van der Waals surface area contributed by atoms with Crippen molar-refractivity contribution in [1.82, 2.24) is 0 Å². The number of methoxy groups -OCH3 is 1. The van der Waals surface area contributed by atoms with Gasteiger partial charge in [0.05, 0.1) is 24.5 Å². The quantitative estimate of drug-likeness (QED) is 0.291. The van der Waals surface area contributed by atoms with Gasteiger partial charge in [-0.25, -0.2) is 0 Å². The molecule has 0 amide bonds. The van der Waals surface area contributed by atoms with Gasteiger partial charge in [0.15, 0.2) is 5.78 Å². The van der Waals surface area contributed by atoms with E-state index in [-0.39, 0.29) is 17.7 Å². The molecule has 4 aromatic rings. The van der Waals surface area contributed by atoms with Crippen LogP contribution in [0.3, 0.4) is 0 Å². The lowest BCUT2D eigenvalue weighted by Crippen LogP contribution is -2.27. The number of carbonyl (C=O) groups excluding carboxylic acids is 1. The maximum absolute atomic E-state index is 13.8. The first-order chi connectivity index (χ1) is 18.7. The van der Waals surface area contributed by atoms with Crippen molar-refractivity contribution in [3.05, 3.63) is 131 Å². The van der Waals surface area contributed by atoms with Crippen molar-refractivity contribution >= 4 is 17.2 Å². The Labute approximate surface area is 223 Å². The fraction of sp³-hybridized carbons (Fsp3) is 0.182. The summed E-state index contributed by atoms with van der Waals surface area (Å²) in [4.78, 5) is 13.8. The Kier molecular flexibility index (Phi) is 6.57. The van der Waals surface area contributed by atoms with E-state index in [1.807, 2.05) is 72.8 Å². The van der Waals surface area contributed by atoms with Crippen molar-refractivity contribution in [2.24, 2.45) is 0 Å². The van der Waals surface area contributed by atoms with E-state index in [0.717, 1.165) is 57.3 Å². The summed E-state index contributed by atoms with van der Waals surface area (Å²) in [6.07, 6.45) is 1.17. The molecule has 0 spiro atoms. The van der Waals surface area contributed by atoms with Gasteiger partial charge in [0.1, 0.15) is 18.1 Å². The van der Waals surface area contributed by atoms with Crippen LogP contribution in [0.4, 0.5) is 11.4 Å². The third-order valence-electron chi connectivity index (χ3n) is 7.35. The van der Waals surface area contributed by atoms with Gasteiger partial charge in [-0.05, 0) is 53.4 Å². The third-order valence-corrected chi connectivity index (χ3v) is 7.35. The molecule has 1 aliphatic carbocycles. The number of allylic oxidation sites excluding steroid dienone is 1. The standard InChI is InChI=1S/C33H30N2O3/c1-37-31-14-8-5-11-26(31)24-19-29-32(30(36)20-24)33(35-28-13-7-6-12-27(28)34-29)23-15-17-25(18-16-23)38-21-22-9-3-2-4-10-22/h2-18,24,33-35H,19-21H2,1H3. The monoisotopic (exact) mass is 502 g/mol. The maximum Gasteiger partial charge on any atom is 0.163 e. The highest BCUT2D eigenvalue weighted by molar-refractivity contribution is 6.01. The van der Waals surface area contributed by atoms with Crippen LogP contribution in [0.15, 0.2) is 114 Å². The molecule has 5 nitrogen and oxygen atoms in total. The van der Waals surface area contributed by atoms with E-state index in [1.165, 1.54) is 0 Å². The van der Waals surface area contributed by atoms with Crippen LogP contribution in [0, 0.1) is 0 Å². The smallest absolute Gasteiger partial charge is 0.163 e. The first kappa shape index (κ1) is 23.9. The highest BCUT2D eigenvalue weighted by Gasteiger charge is 2.36. The molecule has 4 aromatic carbocycles. The van der Waals surface area contributed by atoms with Crippen molar-refractivity contribution in [3.63, 3.8) is 0 Å². The van der Waals surface area contributed by atoms with Crippen LogP contribution in [-0.2, 0) is 11.4 Å². The first-order valence-corrected chi connectivity index (χ1v) is 13.0. The lowest BCUT2D eigenvalue weighted by molar-refractivity contribution is -0.116. The van der Waals surface area contributed by atoms with Crippen LogP contribution in [0.25, 0.3) is 0 Å². The van der Waals surface area contributed by atoms with Gasteiger partial charge >= 0.3 is 0 Å². The molecular formula is C33H30N2O3. The first-order valence-electron chi connectivity index (χ1n) is 13.0. The zero-order valence-corrected chi connectivity index (χ0v) is 21.3. The molecule has 1 heterocycles. The summed E-state index contributed by atoms with van der Waals surface area (Å²) >= 11 is 0. The molecule has 0 bridgehead atoms. The molecule has 1 aliphatic heterocycles. The molecule has 2 aliphatic rings. The van der Waals surface area contributed by atoms with Crippen LogP contribution in [0.5, 0.6) is 11.5 Å². The Morgan fingerprint density at radius 1 is 0.789 bits per heavy atom. The molecule has 2 unspecified atom stereocenters. The fourth-order valence-electron chi connectivity index (χ4n) is 5.46. The molecule has 0 fully saturated rings. The van der Waals surface area contributed by atoms with E-state index in [1.54, 1.807) is 7.11 Å². The molecule has 0 aromatic heterocycles. The van der Waals surface area contributed by atoms with Crippen molar-refractivity contribution in [3.8, 4) is 11.5 Å². The number of hydrogen-bond acceptors (Lipinski definition) is 5. The summed E-state index contributed by atoms with van der Waals surface area (Å²) < 4.78 is 11.6. The molecule has 0 saturated carbocycles. The molecule has 2 atom stereocenters. The molecule has 5 heteroatoms. The van der Waals surface area contributed by atoms with Crippen LogP contribution in [0.1, 0.15) is 41.5 Å². The number of anilines is 2. The number of para-hydroxylation sites is 3. The molecule has 6 rings (SSSR count). The number of ketones is 1. The summed E-state index contributed by atoms with van der Waals surface area (Å²) in [5.41, 5.74) is 6.91. The van der Waals surface area contributed by atoms with Gasteiger partial charge in [-0.15, -0.1) is 0 Å². The van der Waals surface area contributed by atoms with Crippen LogP contribution in [-0.4, -0.2) is 12.9 Å². The van der Waals surface area contributed by atoms with E-state index < -0.39 is 0 Å². The van der Waals surface area contributed by atoms with Crippen molar-refractivity contribution in [2.45, 2.75) is 31.4 Å². The largest absolute Gasteiger partial charge is 0.496 e. The number of hydrogen-bond donors (Lipinski definition) is 2. The van der Waals surface area contributed by atoms with Gasteiger partial charge < -0.3 is 20.1 Å². The van der Waals surface area contributed by atoms with E-state index in [0.29, 0.717) is 13.0 Å². The predicted molar refractivity (Wildman–Crippen MR) is 151 cm³/mol. The van der Waals surface area contributed by atoms with Crippen LogP contribution >= 0.6 is 0 Å². The zero-order valence-electron chi connectivity index (χ0n) is 21.3. The van der Waals surface area contributed by atoms with Gasteiger partial charge in [0.2, 0.25) is 0 Å². The van der Waals surface area contributed by atoms with Gasteiger partial charge in [-0.1, -0.05) is 72.8 Å². The van der Waals surface area contributed by atoms with Crippen molar-refractivity contribution < 1.29 is 14.3 Å². The number of ether oxygens (including phenoxy) is 2. The van der Waals surface area contributed by atoms with Crippen LogP contribution < -0.4 is 20.1 Å². The normalized spacial score (nSPS) is 18.4. The molecule has 190 valence electrons. The lowest BCUT2D eigenvalue weighted by atomic mass is 9.78. The van der Waals surface area contributed by atoms with E-state index in [9.17, 15) is 4.79 Å². The summed E-state index contributed by atoms with van der Waals surface area (Å²) in [6, 6.07) is 34.0. The summed E-state index contributed by atoms with van der Waals surface area (Å²) in [6.45, 7) is 0.511. The van der Waals surface area contributed by atoms with E-state index in [4.69, 9.17) is 9.47 Å². The molecule has 2 N–H and O–H groups in total. The van der Waals surface area contributed by atoms with Gasteiger partial charge in [-0.2, -0.15) is 0 Å². The van der Waals surface area contributed by atoms with Crippen LogP contribution in [0.2, 0.25) is 0 Å². The van der Waals surface area contributed by atoms with Gasteiger partial charge in [0.25, 0.3) is 0 Å². The number of nitrogens with one attached hydrogen (secondary N) is 2. The summed E-state index contributed by atoms with van der Waals surface area (Å²) in [7, 11) is 1.68. The Hall–Kier alpha value is -4.51. The Morgan fingerprint density at radius 3 is 2.29 bits per heavy atom. The topological polar surface area (TPSA) is 59.6 Å². The lowest BCUT2D eigenvalue weighted by Gasteiger charge is -2.30. The fourth-order valence-corrected chi connectivity index (χ4v) is 5.46. The zero-order chi connectivity index (χ0) is 25.9. The Morgan fingerprint density at radius 2 is 1.50 bits per heavy atom. The Bertz CT molecular complexity index is 1480.